The highest BCUT2D eigenvalue weighted by Gasteiger charge is 2.44. The van der Waals surface area contributed by atoms with Gasteiger partial charge in [-0.25, -0.2) is 4.98 Å². The SMILES string of the molecule is O=C(O)C1(Cc2ccc(OCc3nc(-c4ccccc4)oc3-c3ccccc3)cc2)CCC1. The molecule has 1 aliphatic rings. The van der Waals surface area contributed by atoms with E-state index >= 15 is 0 Å². The molecule has 1 fully saturated rings. The molecule has 1 aromatic heterocycles. The molecule has 0 saturated heterocycles. The first-order chi connectivity index (χ1) is 16.1. The maximum Gasteiger partial charge on any atom is 0.309 e. The summed E-state index contributed by atoms with van der Waals surface area (Å²) in [6.07, 6.45) is 3.04. The second-order valence-electron chi connectivity index (χ2n) is 8.58. The molecular formula is C28H25NO4. The standard InChI is InChI=1S/C28H25NO4/c30-27(31)28(16-7-17-28)18-20-12-14-23(15-13-20)32-19-24-25(21-8-3-1-4-9-21)33-26(29-24)22-10-5-2-6-11-22/h1-6,8-15H,7,16-19H2,(H,30,31). The molecule has 0 bridgehead atoms. The number of hydrogen-bond acceptors (Lipinski definition) is 4. The molecule has 0 amide bonds. The predicted molar refractivity (Wildman–Crippen MR) is 126 cm³/mol. The molecule has 166 valence electrons. The van der Waals surface area contributed by atoms with Gasteiger partial charge < -0.3 is 14.3 Å². The molecule has 1 aliphatic carbocycles. The van der Waals surface area contributed by atoms with Gasteiger partial charge in [-0.1, -0.05) is 67.1 Å². The van der Waals surface area contributed by atoms with Crippen LogP contribution in [0.25, 0.3) is 22.8 Å². The number of carboxylic acids is 1. The topological polar surface area (TPSA) is 72.6 Å². The Bertz CT molecular complexity index is 1230. The van der Waals surface area contributed by atoms with Gasteiger partial charge in [0.15, 0.2) is 5.76 Å². The number of nitrogens with zero attached hydrogens (tertiary/aromatic N) is 1. The van der Waals surface area contributed by atoms with Gasteiger partial charge in [0.2, 0.25) is 5.89 Å². The van der Waals surface area contributed by atoms with E-state index in [1.807, 2.05) is 84.9 Å². The van der Waals surface area contributed by atoms with Gasteiger partial charge in [0.05, 0.1) is 5.41 Å². The zero-order valence-electron chi connectivity index (χ0n) is 18.2. The quantitative estimate of drug-likeness (QED) is 0.345. The molecule has 1 heterocycles. The van der Waals surface area contributed by atoms with Gasteiger partial charge in [0.1, 0.15) is 18.1 Å². The molecule has 0 radical (unpaired) electrons. The molecule has 33 heavy (non-hydrogen) atoms. The first kappa shape index (κ1) is 21.0. The Morgan fingerprint density at radius 1 is 0.909 bits per heavy atom. The smallest absolute Gasteiger partial charge is 0.309 e. The van der Waals surface area contributed by atoms with Crippen molar-refractivity contribution in [3.8, 4) is 28.5 Å². The van der Waals surface area contributed by atoms with E-state index in [4.69, 9.17) is 14.1 Å². The van der Waals surface area contributed by atoms with Gasteiger partial charge in [-0.3, -0.25) is 4.79 Å². The maximum absolute atomic E-state index is 11.6. The molecule has 1 saturated carbocycles. The Labute approximate surface area is 192 Å². The number of aliphatic carboxylic acids is 1. The summed E-state index contributed by atoms with van der Waals surface area (Å²) >= 11 is 0. The minimum absolute atomic E-state index is 0.263. The summed E-state index contributed by atoms with van der Waals surface area (Å²) in [6.45, 7) is 0.263. The number of carbonyl (C=O) groups is 1. The van der Waals surface area contributed by atoms with Crippen LogP contribution in [0.5, 0.6) is 5.75 Å². The lowest BCUT2D eigenvalue weighted by molar-refractivity contribution is -0.154. The Hall–Kier alpha value is -3.86. The van der Waals surface area contributed by atoms with Crippen LogP contribution >= 0.6 is 0 Å². The molecule has 5 rings (SSSR count). The third-order valence-corrected chi connectivity index (χ3v) is 6.36. The Morgan fingerprint density at radius 2 is 1.55 bits per heavy atom. The zero-order valence-corrected chi connectivity index (χ0v) is 18.2. The van der Waals surface area contributed by atoms with E-state index in [1.54, 1.807) is 0 Å². The predicted octanol–water partition coefficient (Wildman–Crippen LogP) is 6.39. The van der Waals surface area contributed by atoms with Crippen LogP contribution < -0.4 is 4.74 Å². The third kappa shape index (κ3) is 4.40. The second-order valence-corrected chi connectivity index (χ2v) is 8.58. The van der Waals surface area contributed by atoms with Crippen LogP contribution in [0.15, 0.2) is 89.3 Å². The van der Waals surface area contributed by atoms with Crippen LogP contribution in [0.1, 0.15) is 30.5 Å². The van der Waals surface area contributed by atoms with Crippen LogP contribution in [0.2, 0.25) is 0 Å². The maximum atomic E-state index is 11.6. The van der Waals surface area contributed by atoms with Gasteiger partial charge >= 0.3 is 5.97 Å². The molecule has 4 aromatic rings. The first-order valence-corrected chi connectivity index (χ1v) is 11.2. The normalized spacial score (nSPS) is 14.4. The summed E-state index contributed by atoms with van der Waals surface area (Å²) in [5.74, 6) is 1.27. The van der Waals surface area contributed by atoms with Crippen LogP contribution in [-0.2, 0) is 17.8 Å². The number of benzene rings is 3. The average Bonchev–Trinajstić information content (AvgIpc) is 3.26. The largest absolute Gasteiger partial charge is 0.487 e. The van der Waals surface area contributed by atoms with Crippen molar-refractivity contribution in [1.82, 2.24) is 4.98 Å². The van der Waals surface area contributed by atoms with Crippen molar-refractivity contribution < 1.29 is 19.1 Å². The lowest BCUT2D eigenvalue weighted by Gasteiger charge is -2.37. The van der Waals surface area contributed by atoms with E-state index in [0.717, 1.165) is 41.6 Å². The zero-order chi connectivity index (χ0) is 22.7. The average molecular weight is 440 g/mol. The van der Waals surface area contributed by atoms with Gasteiger partial charge in [-0.05, 0) is 49.1 Å². The lowest BCUT2D eigenvalue weighted by Crippen LogP contribution is -2.39. The fourth-order valence-corrected chi connectivity index (χ4v) is 4.28. The van der Waals surface area contributed by atoms with Gasteiger partial charge in [-0.15, -0.1) is 0 Å². The van der Waals surface area contributed by atoms with E-state index < -0.39 is 11.4 Å². The van der Waals surface area contributed by atoms with Gasteiger partial charge in [0.25, 0.3) is 0 Å². The van der Waals surface area contributed by atoms with Crippen molar-refractivity contribution >= 4 is 5.97 Å². The molecule has 5 heteroatoms. The summed E-state index contributed by atoms with van der Waals surface area (Å²) < 4.78 is 12.2. The minimum Gasteiger partial charge on any atom is -0.487 e. The van der Waals surface area contributed by atoms with E-state index in [2.05, 4.69) is 0 Å². The van der Waals surface area contributed by atoms with Gasteiger partial charge in [-0.2, -0.15) is 0 Å². The fourth-order valence-electron chi connectivity index (χ4n) is 4.28. The molecule has 5 nitrogen and oxygen atoms in total. The molecule has 1 N–H and O–H groups in total. The van der Waals surface area contributed by atoms with E-state index in [1.165, 1.54) is 0 Å². The Morgan fingerprint density at radius 3 is 2.12 bits per heavy atom. The molecular weight excluding hydrogens is 414 g/mol. The summed E-state index contributed by atoms with van der Waals surface area (Å²) in [7, 11) is 0. The summed E-state index contributed by atoms with van der Waals surface area (Å²) in [5, 5.41) is 9.57. The third-order valence-electron chi connectivity index (χ3n) is 6.36. The van der Waals surface area contributed by atoms with Crippen molar-refractivity contribution in [3.63, 3.8) is 0 Å². The number of aromatic nitrogens is 1. The highest BCUT2D eigenvalue weighted by atomic mass is 16.5. The number of ether oxygens (including phenoxy) is 1. The number of carboxylic acid groups (broad SMARTS) is 1. The number of rotatable bonds is 8. The minimum atomic E-state index is -0.692. The van der Waals surface area contributed by atoms with E-state index in [-0.39, 0.29) is 6.61 Å². The van der Waals surface area contributed by atoms with Crippen LogP contribution in [0, 0.1) is 5.41 Å². The van der Waals surface area contributed by atoms with E-state index in [9.17, 15) is 9.90 Å². The van der Waals surface area contributed by atoms with Crippen LogP contribution in [0.4, 0.5) is 0 Å². The van der Waals surface area contributed by atoms with E-state index in [0.29, 0.717) is 23.8 Å². The number of hydrogen-bond donors (Lipinski definition) is 1. The van der Waals surface area contributed by atoms with Crippen molar-refractivity contribution in [2.45, 2.75) is 32.3 Å². The second kappa shape index (κ2) is 8.94. The molecule has 0 atom stereocenters. The summed E-state index contributed by atoms with van der Waals surface area (Å²) in [5.41, 5.74) is 3.00. The summed E-state index contributed by atoms with van der Waals surface area (Å²) in [4.78, 5) is 16.4. The lowest BCUT2D eigenvalue weighted by atomic mass is 9.65. The highest BCUT2D eigenvalue weighted by molar-refractivity contribution is 5.76. The first-order valence-electron chi connectivity index (χ1n) is 11.2. The van der Waals surface area contributed by atoms with Crippen molar-refractivity contribution in [3.05, 3.63) is 96.2 Å². The molecule has 3 aromatic carbocycles. The van der Waals surface area contributed by atoms with Crippen molar-refractivity contribution in [2.75, 3.05) is 0 Å². The monoisotopic (exact) mass is 439 g/mol. The van der Waals surface area contributed by atoms with Crippen LogP contribution in [0.3, 0.4) is 0 Å². The Balaban J connectivity index is 1.34. The summed E-state index contributed by atoms with van der Waals surface area (Å²) in [6, 6.07) is 27.4. The Kier molecular flexibility index (Phi) is 5.69. The number of oxazole rings is 1. The molecule has 0 unspecified atom stereocenters. The van der Waals surface area contributed by atoms with Crippen molar-refractivity contribution in [1.29, 1.82) is 0 Å². The van der Waals surface area contributed by atoms with Gasteiger partial charge in [0, 0.05) is 11.1 Å². The fraction of sp³-hybridized carbons (Fsp3) is 0.214. The highest BCUT2D eigenvalue weighted by Crippen LogP contribution is 2.44. The van der Waals surface area contributed by atoms with Crippen molar-refractivity contribution in [2.24, 2.45) is 5.41 Å². The van der Waals surface area contributed by atoms with Crippen LogP contribution in [-0.4, -0.2) is 16.1 Å². The molecule has 0 aliphatic heterocycles. The molecule has 0 spiro atoms.